The minimum absolute atomic E-state index is 0.282. The van der Waals surface area contributed by atoms with Crippen molar-refractivity contribution in [3.8, 4) is 0 Å². The Bertz CT molecular complexity index is 340. The van der Waals surface area contributed by atoms with Crippen molar-refractivity contribution in [2.24, 2.45) is 5.73 Å². The number of hydrogen-bond donors (Lipinski definition) is 5. The molecule has 0 unspecified atom stereocenters. The maximum Gasteiger partial charge on any atom is 0.366 e. The van der Waals surface area contributed by atoms with Crippen LogP contribution in [0.3, 0.4) is 0 Å². The van der Waals surface area contributed by atoms with Crippen LogP contribution in [0.1, 0.15) is 6.42 Å². The maximum atomic E-state index is 11.8. The summed E-state index contributed by atoms with van der Waals surface area (Å²) in [4.78, 5) is 11.8. The average molecular weight is 295 g/mol. The van der Waals surface area contributed by atoms with Crippen LogP contribution >= 0.6 is 0 Å². The molecule has 1 saturated heterocycles. The van der Waals surface area contributed by atoms with E-state index in [1.807, 2.05) is 0 Å². The first-order chi connectivity index (χ1) is 9.32. The van der Waals surface area contributed by atoms with Crippen molar-refractivity contribution in [3.63, 3.8) is 0 Å². The van der Waals surface area contributed by atoms with Crippen LogP contribution in [-0.2, 0) is 19.0 Å². The predicted molar refractivity (Wildman–Crippen MR) is 64.3 cm³/mol. The number of rotatable bonds is 5. The summed E-state index contributed by atoms with van der Waals surface area (Å²) in [5.74, 6) is -2.83. The molecule has 0 amide bonds. The predicted octanol–water partition coefficient (Wildman–Crippen LogP) is -3.31. The topological polar surface area (TPSA) is 152 Å². The Balaban J connectivity index is 3.02. The summed E-state index contributed by atoms with van der Waals surface area (Å²) in [5, 5.41) is 38.1. The fourth-order valence-corrected chi connectivity index (χ4v) is 2.10. The van der Waals surface area contributed by atoms with Gasteiger partial charge in [-0.15, -0.1) is 0 Å². The number of aliphatic hydroxyl groups excluding tert-OH is 4. The van der Waals surface area contributed by atoms with Crippen molar-refractivity contribution in [1.82, 2.24) is 0 Å². The van der Waals surface area contributed by atoms with Gasteiger partial charge in [0.2, 0.25) is 0 Å². The van der Waals surface area contributed by atoms with Gasteiger partial charge in [0.05, 0.1) is 25.9 Å². The first kappa shape index (κ1) is 17.2. The standard InChI is InChI=1S/C11H21NO8/c1-18-10(17)11(19-2)3-5(14)7(12)9(20-11)8(16)6(15)4-13/h5-9,13-16H,3-4,12H2,1-2H3/t5-,6+,7+,8+,9+,11+/m0/s1. The summed E-state index contributed by atoms with van der Waals surface area (Å²) in [5.41, 5.74) is 5.70. The number of carbonyl (C=O) groups excluding carboxylic acids is 1. The van der Waals surface area contributed by atoms with E-state index in [0.717, 1.165) is 7.11 Å². The van der Waals surface area contributed by atoms with Crippen molar-refractivity contribution >= 4 is 5.97 Å². The number of aliphatic hydroxyl groups is 4. The van der Waals surface area contributed by atoms with Gasteiger partial charge in [0, 0.05) is 13.5 Å². The van der Waals surface area contributed by atoms with Crippen molar-refractivity contribution < 1.29 is 39.4 Å². The molecule has 1 aliphatic heterocycles. The molecule has 9 nitrogen and oxygen atoms in total. The van der Waals surface area contributed by atoms with E-state index in [9.17, 15) is 20.1 Å². The van der Waals surface area contributed by atoms with E-state index in [4.69, 9.17) is 20.3 Å². The summed E-state index contributed by atoms with van der Waals surface area (Å²) in [6.45, 7) is -0.734. The third-order valence-corrected chi connectivity index (χ3v) is 3.37. The highest BCUT2D eigenvalue weighted by molar-refractivity contribution is 5.78. The molecule has 6 N–H and O–H groups in total. The number of nitrogens with two attached hydrogens (primary N) is 1. The molecular formula is C11H21NO8. The third-order valence-electron chi connectivity index (χ3n) is 3.37. The Labute approximate surface area is 115 Å². The molecule has 0 aliphatic carbocycles. The fraction of sp³-hybridized carbons (Fsp3) is 0.909. The second kappa shape index (κ2) is 6.76. The molecule has 1 aliphatic rings. The summed E-state index contributed by atoms with van der Waals surface area (Å²) >= 11 is 0. The summed E-state index contributed by atoms with van der Waals surface area (Å²) in [6.07, 6.45) is -5.98. The Morgan fingerprint density at radius 2 is 2.10 bits per heavy atom. The van der Waals surface area contributed by atoms with Gasteiger partial charge < -0.3 is 40.4 Å². The second-order valence-electron chi connectivity index (χ2n) is 4.62. The van der Waals surface area contributed by atoms with Crippen molar-refractivity contribution in [3.05, 3.63) is 0 Å². The van der Waals surface area contributed by atoms with Gasteiger partial charge in [-0.1, -0.05) is 0 Å². The lowest BCUT2D eigenvalue weighted by molar-refractivity contribution is -0.302. The van der Waals surface area contributed by atoms with E-state index < -0.39 is 48.8 Å². The first-order valence-electron chi connectivity index (χ1n) is 6.05. The normalized spacial score (nSPS) is 37.2. The monoisotopic (exact) mass is 295 g/mol. The Kier molecular flexibility index (Phi) is 5.83. The van der Waals surface area contributed by atoms with Crippen LogP contribution in [0.5, 0.6) is 0 Å². The largest absolute Gasteiger partial charge is 0.465 e. The quantitative estimate of drug-likeness (QED) is 0.328. The molecular weight excluding hydrogens is 274 g/mol. The second-order valence-corrected chi connectivity index (χ2v) is 4.62. The van der Waals surface area contributed by atoms with E-state index in [1.165, 1.54) is 7.11 Å². The molecule has 0 aromatic carbocycles. The van der Waals surface area contributed by atoms with Crippen LogP contribution in [0.4, 0.5) is 0 Å². The van der Waals surface area contributed by atoms with Crippen LogP contribution in [0.15, 0.2) is 0 Å². The highest BCUT2D eigenvalue weighted by Crippen LogP contribution is 2.32. The van der Waals surface area contributed by atoms with E-state index >= 15 is 0 Å². The molecule has 0 radical (unpaired) electrons. The average Bonchev–Trinajstić information content (AvgIpc) is 2.47. The molecule has 0 aromatic rings. The molecule has 0 bridgehead atoms. The Hall–Kier alpha value is -0.810. The van der Waals surface area contributed by atoms with E-state index in [-0.39, 0.29) is 6.42 Å². The van der Waals surface area contributed by atoms with Crippen LogP contribution in [0, 0.1) is 0 Å². The molecule has 20 heavy (non-hydrogen) atoms. The molecule has 1 rings (SSSR count). The molecule has 0 spiro atoms. The summed E-state index contributed by atoms with van der Waals surface area (Å²) in [7, 11) is 2.29. The van der Waals surface area contributed by atoms with E-state index in [1.54, 1.807) is 0 Å². The number of ether oxygens (including phenoxy) is 3. The van der Waals surface area contributed by atoms with Gasteiger partial charge in [0.1, 0.15) is 18.3 Å². The van der Waals surface area contributed by atoms with Gasteiger partial charge in [-0.05, 0) is 0 Å². The van der Waals surface area contributed by atoms with E-state index in [2.05, 4.69) is 4.74 Å². The van der Waals surface area contributed by atoms with Crippen molar-refractivity contribution in [1.29, 1.82) is 0 Å². The molecule has 0 saturated carbocycles. The smallest absolute Gasteiger partial charge is 0.366 e. The van der Waals surface area contributed by atoms with Crippen LogP contribution < -0.4 is 5.73 Å². The van der Waals surface area contributed by atoms with Gasteiger partial charge in [0.25, 0.3) is 5.79 Å². The Morgan fingerprint density at radius 3 is 2.55 bits per heavy atom. The van der Waals surface area contributed by atoms with Gasteiger partial charge in [-0.2, -0.15) is 0 Å². The fourth-order valence-electron chi connectivity index (χ4n) is 2.10. The molecule has 6 atom stereocenters. The van der Waals surface area contributed by atoms with Gasteiger partial charge in [-0.25, -0.2) is 4.79 Å². The van der Waals surface area contributed by atoms with Crippen molar-refractivity contribution in [2.75, 3.05) is 20.8 Å². The highest BCUT2D eigenvalue weighted by atomic mass is 16.7. The SMILES string of the molecule is COC(=O)[C@@]1(OC)C[C@H](O)[C@@H](N)[C@H]([C@H](O)[C@H](O)CO)O1. The lowest BCUT2D eigenvalue weighted by Crippen LogP contribution is -2.66. The molecule has 9 heteroatoms. The Morgan fingerprint density at radius 1 is 1.50 bits per heavy atom. The number of esters is 1. The maximum absolute atomic E-state index is 11.8. The molecule has 1 heterocycles. The lowest BCUT2D eigenvalue weighted by atomic mass is 9.89. The van der Waals surface area contributed by atoms with Crippen LogP contribution in [0.25, 0.3) is 0 Å². The minimum atomic E-state index is -1.93. The van der Waals surface area contributed by atoms with Crippen LogP contribution in [-0.4, -0.2) is 83.5 Å². The highest BCUT2D eigenvalue weighted by Gasteiger charge is 2.54. The zero-order chi connectivity index (χ0) is 15.5. The molecule has 118 valence electrons. The first-order valence-corrected chi connectivity index (χ1v) is 6.05. The van der Waals surface area contributed by atoms with E-state index in [0.29, 0.717) is 0 Å². The number of hydrogen-bond acceptors (Lipinski definition) is 9. The molecule has 0 aromatic heterocycles. The minimum Gasteiger partial charge on any atom is -0.465 e. The van der Waals surface area contributed by atoms with Gasteiger partial charge in [-0.3, -0.25) is 0 Å². The summed E-state index contributed by atoms with van der Waals surface area (Å²) in [6, 6.07) is -1.07. The lowest BCUT2D eigenvalue weighted by Gasteiger charge is -2.45. The summed E-state index contributed by atoms with van der Waals surface area (Å²) < 4.78 is 14.9. The van der Waals surface area contributed by atoms with Crippen LogP contribution in [0.2, 0.25) is 0 Å². The number of methoxy groups -OCH3 is 2. The van der Waals surface area contributed by atoms with Gasteiger partial charge in [0.15, 0.2) is 0 Å². The van der Waals surface area contributed by atoms with Gasteiger partial charge >= 0.3 is 5.97 Å². The molecule has 1 fully saturated rings. The number of carbonyl (C=O) groups is 1. The zero-order valence-electron chi connectivity index (χ0n) is 11.3. The van der Waals surface area contributed by atoms with Crippen molar-refractivity contribution in [2.45, 2.75) is 42.7 Å². The zero-order valence-corrected chi connectivity index (χ0v) is 11.3. The third kappa shape index (κ3) is 3.09.